The monoisotopic (exact) mass is 307 g/mol. The molecule has 1 atom stereocenters. The van der Waals surface area contributed by atoms with Gasteiger partial charge in [0.1, 0.15) is 11.6 Å². The van der Waals surface area contributed by atoms with Gasteiger partial charge in [0.05, 0.1) is 12.1 Å². The highest BCUT2D eigenvalue weighted by atomic mass is 35.5. The molecule has 0 aliphatic carbocycles. The van der Waals surface area contributed by atoms with Crippen LogP contribution in [0.15, 0.2) is 42.5 Å². The van der Waals surface area contributed by atoms with Crippen molar-refractivity contribution >= 4 is 11.6 Å². The molecule has 112 valence electrons. The molecule has 0 radical (unpaired) electrons. The van der Waals surface area contributed by atoms with Crippen molar-refractivity contribution in [2.24, 2.45) is 0 Å². The smallest absolute Gasteiger partial charge is 0.141 e. The maximum atomic E-state index is 13.1. The van der Waals surface area contributed by atoms with Crippen LogP contribution in [-0.2, 0) is 6.42 Å². The van der Waals surface area contributed by atoms with Crippen molar-refractivity contribution < 1.29 is 9.13 Å². The van der Waals surface area contributed by atoms with Gasteiger partial charge in [0, 0.05) is 6.04 Å². The minimum atomic E-state index is -0.383. The minimum Gasteiger partial charge on any atom is -0.497 e. The SMILES string of the molecule is COc1ccc(CCNC(C)c2ccc(F)c(Cl)c2)cc1. The van der Waals surface area contributed by atoms with E-state index in [1.807, 2.05) is 19.1 Å². The van der Waals surface area contributed by atoms with Gasteiger partial charge in [-0.25, -0.2) is 4.39 Å². The largest absolute Gasteiger partial charge is 0.497 e. The first kappa shape index (κ1) is 15.8. The van der Waals surface area contributed by atoms with Gasteiger partial charge in [-0.1, -0.05) is 29.8 Å². The maximum Gasteiger partial charge on any atom is 0.141 e. The molecule has 2 aromatic rings. The molecule has 0 heterocycles. The fourth-order valence-corrected chi connectivity index (χ4v) is 2.31. The van der Waals surface area contributed by atoms with Crippen LogP contribution in [-0.4, -0.2) is 13.7 Å². The standard InChI is InChI=1S/C17H19ClFNO/c1-12(14-5-8-17(19)16(18)11-14)20-10-9-13-3-6-15(21-2)7-4-13/h3-8,11-12,20H,9-10H2,1-2H3. The summed E-state index contributed by atoms with van der Waals surface area (Å²) in [4.78, 5) is 0. The molecule has 0 spiro atoms. The Balaban J connectivity index is 1.85. The molecule has 0 amide bonds. The second-order valence-corrected chi connectivity index (χ2v) is 5.35. The van der Waals surface area contributed by atoms with Gasteiger partial charge in [-0.2, -0.15) is 0 Å². The van der Waals surface area contributed by atoms with E-state index in [0.717, 1.165) is 24.3 Å². The van der Waals surface area contributed by atoms with Crippen LogP contribution in [0.3, 0.4) is 0 Å². The lowest BCUT2D eigenvalue weighted by atomic mass is 10.1. The van der Waals surface area contributed by atoms with Crippen molar-refractivity contribution in [1.82, 2.24) is 5.32 Å². The lowest BCUT2D eigenvalue weighted by Gasteiger charge is -2.15. The molecule has 2 aromatic carbocycles. The second kappa shape index (κ2) is 7.43. The normalized spacial score (nSPS) is 12.2. The summed E-state index contributed by atoms with van der Waals surface area (Å²) in [5, 5.41) is 3.57. The van der Waals surface area contributed by atoms with E-state index in [2.05, 4.69) is 17.4 Å². The molecule has 0 aromatic heterocycles. The molecule has 0 fully saturated rings. The van der Waals surface area contributed by atoms with Gasteiger partial charge in [-0.15, -0.1) is 0 Å². The van der Waals surface area contributed by atoms with Crippen molar-refractivity contribution in [3.8, 4) is 5.75 Å². The summed E-state index contributed by atoms with van der Waals surface area (Å²) in [5.74, 6) is 0.479. The Morgan fingerprint density at radius 3 is 2.52 bits per heavy atom. The summed E-state index contributed by atoms with van der Waals surface area (Å²) in [6, 6.07) is 13.0. The van der Waals surface area contributed by atoms with Gasteiger partial charge in [-0.3, -0.25) is 0 Å². The van der Waals surface area contributed by atoms with Gasteiger partial charge in [-0.05, 0) is 55.3 Å². The van der Waals surface area contributed by atoms with E-state index in [9.17, 15) is 4.39 Å². The number of hydrogen-bond acceptors (Lipinski definition) is 2. The van der Waals surface area contributed by atoms with Crippen molar-refractivity contribution in [2.45, 2.75) is 19.4 Å². The van der Waals surface area contributed by atoms with Crippen molar-refractivity contribution in [1.29, 1.82) is 0 Å². The third kappa shape index (κ3) is 4.45. The summed E-state index contributed by atoms with van der Waals surface area (Å²) in [7, 11) is 1.66. The molecular weight excluding hydrogens is 289 g/mol. The Labute approximate surface area is 129 Å². The van der Waals surface area contributed by atoms with Gasteiger partial charge in [0.25, 0.3) is 0 Å². The lowest BCUT2D eigenvalue weighted by molar-refractivity contribution is 0.414. The first-order valence-corrected chi connectivity index (χ1v) is 7.29. The van der Waals surface area contributed by atoms with E-state index >= 15 is 0 Å². The Morgan fingerprint density at radius 2 is 1.90 bits per heavy atom. The van der Waals surface area contributed by atoms with E-state index in [0.29, 0.717) is 0 Å². The number of benzene rings is 2. The average molecular weight is 308 g/mol. The van der Waals surface area contributed by atoms with Gasteiger partial charge in [0.2, 0.25) is 0 Å². The van der Waals surface area contributed by atoms with E-state index in [-0.39, 0.29) is 16.9 Å². The molecule has 0 saturated heterocycles. The molecule has 4 heteroatoms. The zero-order valence-corrected chi connectivity index (χ0v) is 13.0. The topological polar surface area (TPSA) is 21.3 Å². The number of halogens is 2. The summed E-state index contributed by atoms with van der Waals surface area (Å²) in [5.41, 5.74) is 2.23. The third-order valence-electron chi connectivity index (χ3n) is 3.47. The zero-order chi connectivity index (χ0) is 15.2. The molecule has 1 unspecified atom stereocenters. The highest BCUT2D eigenvalue weighted by molar-refractivity contribution is 6.30. The number of ether oxygens (including phenoxy) is 1. The van der Waals surface area contributed by atoms with Crippen molar-refractivity contribution in [2.75, 3.05) is 13.7 Å². The van der Waals surface area contributed by atoms with Crippen LogP contribution in [0, 0.1) is 5.82 Å². The Hall–Kier alpha value is -1.58. The molecule has 0 bridgehead atoms. The molecule has 0 saturated carbocycles. The number of hydrogen-bond donors (Lipinski definition) is 1. The van der Waals surface area contributed by atoms with Gasteiger partial charge in [0.15, 0.2) is 0 Å². The highest BCUT2D eigenvalue weighted by Gasteiger charge is 2.07. The number of nitrogens with one attached hydrogen (secondary N) is 1. The van der Waals surface area contributed by atoms with Gasteiger partial charge < -0.3 is 10.1 Å². The first-order valence-electron chi connectivity index (χ1n) is 6.91. The fourth-order valence-electron chi connectivity index (χ4n) is 2.12. The molecule has 2 nitrogen and oxygen atoms in total. The third-order valence-corrected chi connectivity index (χ3v) is 3.76. The van der Waals surface area contributed by atoms with E-state index in [4.69, 9.17) is 16.3 Å². The molecule has 2 rings (SSSR count). The van der Waals surface area contributed by atoms with Crippen LogP contribution in [0.5, 0.6) is 5.75 Å². The Bertz CT molecular complexity index is 586. The molecule has 21 heavy (non-hydrogen) atoms. The lowest BCUT2D eigenvalue weighted by Crippen LogP contribution is -2.21. The summed E-state index contributed by atoms with van der Waals surface area (Å²) in [6.45, 7) is 2.88. The van der Waals surface area contributed by atoms with Crippen LogP contribution >= 0.6 is 11.6 Å². The molecule has 0 aliphatic heterocycles. The Kier molecular flexibility index (Phi) is 5.59. The van der Waals surface area contributed by atoms with Crippen molar-refractivity contribution in [3.05, 3.63) is 64.4 Å². The van der Waals surface area contributed by atoms with Gasteiger partial charge >= 0.3 is 0 Å². The van der Waals surface area contributed by atoms with Crippen LogP contribution in [0.25, 0.3) is 0 Å². The number of methoxy groups -OCH3 is 1. The highest BCUT2D eigenvalue weighted by Crippen LogP contribution is 2.20. The summed E-state index contributed by atoms with van der Waals surface area (Å²) >= 11 is 5.80. The Morgan fingerprint density at radius 1 is 1.19 bits per heavy atom. The predicted molar refractivity (Wildman–Crippen MR) is 84.5 cm³/mol. The first-order chi connectivity index (χ1) is 10.1. The van der Waals surface area contributed by atoms with Crippen LogP contribution < -0.4 is 10.1 Å². The van der Waals surface area contributed by atoms with Crippen LogP contribution in [0.2, 0.25) is 5.02 Å². The molecule has 1 N–H and O–H groups in total. The summed E-state index contributed by atoms with van der Waals surface area (Å²) < 4.78 is 18.3. The average Bonchev–Trinajstić information content (AvgIpc) is 2.50. The minimum absolute atomic E-state index is 0.126. The predicted octanol–water partition coefficient (Wildman–Crippen LogP) is 4.38. The maximum absolute atomic E-state index is 13.1. The zero-order valence-electron chi connectivity index (χ0n) is 12.2. The quantitative estimate of drug-likeness (QED) is 0.855. The number of rotatable bonds is 6. The van der Waals surface area contributed by atoms with Crippen LogP contribution in [0.4, 0.5) is 4.39 Å². The van der Waals surface area contributed by atoms with E-state index in [1.165, 1.54) is 11.6 Å². The molecular formula is C17H19ClFNO. The van der Waals surface area contributed by atoms with E-state index in [1.54, 1.807) is 19.2 Å². The van der Waals surface area contributed by atoms with Crippen LogP contribution in [0.1, 0.15) is 24.1 Å². The molecule has 0 aliphatic rings. The second-order valence-electron chi connectivity index (χ2n) is 4.95. The fraction of sp³-hybridized carbons (Fsp3) is 0.294. The van der Waals surface area contributed by atoms with Crippen molar-refractivity contribution in [3.63, 3.8) is 0 Å². The summed E-state index contributed by atoms with van der Waals surface area (Å²) in [6.07, 6.45) is 0.920. The van der Waals surface area contributed by atoms with E-state index < -0.39 is 0 Å².